The van der Waals surface area contributed by atoms with Crippen LogP contribution < -0.4 is 9.64 Å². The molecule has 2 unspecified atom stereocenters. The minimum Gasteiger partial charge on any atom is -0.496 e. The molecule has 0 aliphatic carbocycles. The Labute approximate surface area is 183 Å². The van der Waals surface area contributed by atoms with E-state index in [0.29, 0.717) is 24.4 Å². The highest BCUT2D eigenvalue weighted by Gasteiger charge is 2.26. The Morgan fingerprint density at radius 3 is 2.52 bits per heavy atom. The molecule has 3 heterocycles. The number of nitrogens with zero attached hydrogens (tertiary/aromatic N) is 5. The van der Waals surface area contributed by atoms with Crippen molar-refractivity contribution in [3.63, 3.8) is 0 Å². The summed E-state index contributed by atoms with van der Waals surface area (Å²) < 4.78 is 11.2. The van der Waals surface area contributed by atoms with Crippen LogP contribution in [0.2, 0.25) is 0 Å². The number of morpholine rings is 1. The molecule has 0 spiro atoms. The first kappa shape index (κ1) is 21.5. The maximum absolute atomic E-state index is 12.9. The van der Waals surface area contributed by atoms with Crippen molar-refractivity contribution in [2.24, 2.45) is 0 Å². The van der Waals surface area contributed by atoms with E-state index in [2.05, 4.69) is 28.6 Å². The fourth-order valence-electron chi connectivity index (χ4n) is 4.30. The molecule has 1 amide bonds. The highest BCUT2D eigenvalue weighted by molar-refractivity contribution is 5.97. The third-order valence-electron chi connectivity index (χ3n) is 5.79. The highest BCUT2D eigenvalue weighted by atomic mass is 16.5. The third kappa shape index (κ3) is 5.14. The first-order valence-electron chi connectivity index (χ1n) is 10.9. The molecule has 0 saturated carbocycles. The standard InChI is InChI=1S/C23H31N5O3/c1-17-14-28(15-18(2)31-17)23-24-9-8-19(25-23)16-26-10-12-27(13-11-26)22(29)20-6-4-5-7-21(20)30-3/h4-9,17-18H,10-16H2,1-3H3. The largest absolute Gasteiger partial charge is 0.496 e. The van der Waals surface area contributed by atoms with Gasteiger partial charge in [0.05, 0.1) is 30.6 Å². The number of ether oxygens (including phenoxy) is 2. The second-order valence-corrected chi connectivity index (χ2v) is 8.28. The number of aromatic nitrogens is 2. The summed E-state index contributed by atoms with van der Waals surface area (Å²) in [4.78, 5) is 28.6. The molecular weight excluding hydrogens is 394 g/mol. The monoisotopic (exact) mass is 425 g/mol. The number of hydrogen-bond acceptors (Lipinski definition) is 7. The van der Waals surface area contributed by atoms with Gasteiger partial charge < -0.3 is 19.3 Å². The van der Waals surface area contributed by atoms with Crippen LogP contribution in [0.25, 0.3) is 0 Å². The molecule has 2 aliphatic heterocycles. The molecule has 166 valence electrons. The van der Waals surface area contributed by atoms with Gasteiger partial charge in [0.15, 0.2) is 0 Å². The molecule has 31 heavy (non-hydrogen) atoms. The number of carbonyl (C=O) groups is 1. The molecule has 2 aromatic rings. The van der Waals surface area contributed by atoms with Gasteiger partial charge in [0.2, 0.25) is 5.95 Å². The van der Waals surface area contributed by atoms with Gasteiger partial charge in [-0.05, 0) is 32.0 Å². The van der Waals surface area contributed by atoms with Crippen LogP contribution in [0.1, 0.15) is 29.9 Å². The van der Waals surface area contributed by atoms with Crippen molar-refractivity contribution in [2.45, 2.75) is 32.6 Å². The van der Waals surface area contributed by atoms with Gasteiger partial charge >= 0.3 is 0 Å². The summed E-state index contributed by atoms with van der Waals surface area (Å²) in [6.45, 7) is 9.52. The summed E-state index contributed by atoms with van der Waals surface area (Å²) in [6.07, 6.45) is 2.18. The van der Waals surface area contributed by atoms with Gasteiger partial charge in [0.25, 0.3) is 5.91 Å². The molecule has 1 aromatic heterocycles. The topological polar surface area (TPSA) is 71.0 Å². The van der Waals surface area contributed by atoms with Crippen LogP contribution >= 0.6 is 0 Å². The fraction of sp³-hybridized carbons (Fsp3) is 0.522. The summed E-state index contributed by atoms with van der Waals surface area (Å²) in [5.74, 6) is 1.41. The number of para-hydroxylation sites is 1. The Balaban J connectivity index is 1.34. The van der Waals surface area contributed by atoms with Crippen LogP contribution in [0.5, 0.6) is 5.75 Å². The van der Waals surface area contributed by atoms with E-state index < -0.39 is 0 Å². The lowest BCUT2D eigenvalue weighted by Gasteiger charge is -2.36. The van der Waals surface area contributed by atoms with Crippen LogP contribution in [0.3, 0.4) is 0 Å². The molecule has 2 saturated heterocycles. The molecular formula is C23H31N5O3. The van der Waals surface area contributed by atoms with Crippen molar-refractivity contribution < 1.29 is 14.3 Å². The van der Waals surface area contributed by atoms with Crippen molar-refractivity contribution >= 4 is 11.9 Å². The van der Waals surface area contributed by atoms with Gasteiger partial charge in [-0.1, -0.05) is 12.1 Å². The van der Waals surface area contributed by atoms with Gasteiger partial charge in [0.1, 0.15) is 5.75 Å². The first-order chi connectivity index (χ1) is 15.0. The number of methoxy groups -OCH3 is 1. The van der Waals surface area contributed by atoms with Crippen LogP contribution in [0, 0.1) is 0 Å². The zero-order valence-electron chi connectivity index (χ0n) is 18.5. The Morgan fingerprint density at radius 2 is 1.81 bits per heavy atom. The second-order valence-electron chi connectivity index (χ2n) is 8.28. The highest BCUT2D eigenvalue weighted by Crippen LogP contribution is 2.21. The Bertz CT molecular complexity index is 890. The number of rotatable bonds is 5. The average molecular weight is 426 g/mol. The maximum Gasteiger partial charge on any atom is 0.257 e. The van der Waals surface area contributed by atoms with E-state index in [1.165, 1.54) is 0 Å². The molecule has 2 aliphatic rings. The Hall–Kier alpha value is -2.71. The van der Waals surface area contributed by atoms with Crippen LogP contribution in [0.4, 0.5) is 5.95 Å². The van der Waals surface area contributed by atoms with Crippen molar-refractivity contribution in [3.05, 3.63) is 47.8 Å². The van der Waals surface area contributed by atoms with Crippen LogP contribution in [-0.2, 0) is 11.3 Å². The van der Waals surface area contributed by atoms with Gasteiger partial charge in [-0.15, -0.1) is 0 Å². The minimum absolute atomic E-state index is 0.0250. The minimum atomic E-state index is 0.0250. The van der Waals surface area contributed by atoms with Crippen molar-refractivity contribution in [1.82, 2.24) is 19.8 Å². The van der Waals surface area contributed by atoms with Gasteiger partial charge in [-0.3, -0.25) is 9.69 Å². The average Bonchev–Trinajstić information content (AvgIpc) is 2.78. The van der Waals surface area contributed by atoms with Crippen LogP contribution in [0.15, 0.2) is 36.5 Å². The zero-order chi connectivity index (χ0) is 21.8. The number of hydrogen-bond donors (Lipinski definition) is 0. The quantitative estimate of drug-likeness (QED) is 0.726. The molecule has 8 heteroatoms. The lowest BCUT2D eigenvalue weighted by Crippen LogP contribution is -2.48. The Kier molecular flexibility index (Phi) is 6.67. The van der Waals surface area contributed by atoms with Gasteiger partial charge in [-0.2, -0.15) is 0 Å². The summed E-state index contributed by atoms with van der Waals surface area (Å²) in [6, 6.07) is 9.37. The van der Waals surface area contributed by atoms with E-state index in [-0.39, 0.29) is 18.1 Å². The SMILES string of the molecule is COc1ccccc1C(=O)N1CCN(Cc2ccnc(N3CC(C)OC(C)C3)n2)CC1. The summed E-state index contributed by atoms with van der Waals surface area (Å²) in [7, 11) is 1.60. The molecule has 0 bridgehead atoms. The fourth-order valence-corrected chi connectivity index (χ4v) is 4.30. The zero-order valence-corrected chi connectivity index (χ0v) is 18.5. The number of amides is 1. The molecule has 0 N–H and O–H groups in total. The molecule has 4 rings (SSSR count). The van der Waals surface area contributed by atoms with Crippen LogP contribution in [-0.4, -0.2) is 84.3 Å². The molecule has 0 radical (unpaired) electrons. The van der Waals surface area contributed by atoms with Crippen molar-refractivity contribution in [1.29, 1.82) is 0 Å². The molecule has 2 fully saturated rings. The smallest absolute Gasteiger partial charge is 0.257 e. The molecule has 8 nitrogen and oxygen atoms in total. The third-order valence-corrected chi connectivity index (χ3v) is 5.79. The van der Waals surface area contributed by atoms with Gasteiger partial charge in [0, 0.05) is 52.0 Å². The Morgan fingerprint density at radius 1 is 1.10 bits per heavy atom. The van der Waals surface area contributed by atoms with E-state index in [4.69, 9.17) is 14.5 Å². The van der Waals surface area contributed by atoms with E-state index in [1.807, 2.05) is 41.4 Å². The summed E-state index contributed by atoms with van der Waals surface area (Å²) in [5, 5.41) is 0. The lowest BCUT2D eigenvalue weighted by molar-refractivity contribution is -0.00575. The summed E-state index contributed by atoms with van der Waals surface area (Å²) >= 11 is 0. The van der Waals surface area contributed by atoms with Crippen molar-refractivity contribution in [3.8, 4) is 5.75 Å². The van der Waals surface area contributed by atoms with E-state index >= 15 is 0 Å². The predicted octanol–water partition coefficient (Wildman–Crippen LogP) is 2.06. The summed E-state index contributed by atoms with van der Waals surface area (Å²) in [5.41, 5.74) is 1.62. The van der Waals surface area contributed by atoms with E-state index in [1.54, 1.807) is 7.11 Å². The van der Waals surface area contributed by atoms with Gasteiger partial charge in [-0.25, -0.2) is 9.97 Å². The van der Waals surface area contributed by atoms with E-state index in [0.717, 1.165) is 44.4 Å². The molecule has 1 aromatic carbocycles. The number of carbonyl (C=O) groups excluding carboxylic acids is 1. The normalized spacial score (nSPS) is 22.4. The maximum atomic E-state index is 12.9. The lowest BCUT2D eigenvalue weighted by atomic mass is 10.1. The first-order valence-corrected chi connectivity index (χ1v) is 10.9. The second kappa shape index (κ2) is 9.62. The molecule has 2 atom stereocenters. The van der Waals surface area contributed by atoms with E-state index in [9.17, 15) is 4.79 Å². The number of anilines is 1. The number of piperazine rings is 1. The predicted molar refractivity (Wildman–Crippen MR) is 118 cm³/mol. The number of benzene rings is 1. The van der Waals surface area contributed by atoms with Crippen molar-refractivity contribution in [2.75, 3.05) is 51.3 Å².